The van der Waals surface area contributed by atoms with E-state index in [1.165, 1.54) is 29.2 Å². The van der Waals surface area contributed by atoms with Crippen molar-refractivity contribution in [2.75, 3.05) is 0 Å². The van der Waals surface area contributed by atoms with E-state index in [9.17, 15) is 24.6 Å². The molecular weight excluding hydrogens is 510 g/mol. The van der Waals surface area contributed by atoms with Crippen LogP contribution in [0.4, 0.5) is 4.79 Å². The fourth-order valence-corrected chi connectivity index (χ4v) is 5.04. The van der Waals surface area contributed by atoms with Crippen LogP contribution >= 0.6 is 0 Å². The summed E-state index contributed by atoms with van der Waals surface area (Å²) in [6, 6.07) is 10.2. The third-order valence-corrected chi connectivity index (χ3v) is 6.84. The highest BCUT2D eigenvalue weighted by Gasteiger charge is 2.38. The average Bonchev–Trinajstić information content (AvgIpc) is 2.87. The first-order valence-electron chi connectivity index (χ1n) is 14.0. The Morgan fingerprint density at radius 2 is 1.62 bits per heavy atom. The van der Waals surface area contributed by atoms with Crippen LogP contribution in [0.15, 0.2) is 48.5 Å². The Hall–Kier alpha value is -3.75. The molecule has 0 aliphatic heterocycles. The second-order valence-corrected chi connectivity index (χ2v) is 11.7. The molecule has 4 N–H and O–H groups in total. The number of phenols is 2. The molecular formula is C31H43N3O6. The van der Waals surface area contributed by atoms with Gasteiger partial charge in [0.1, 0.15) is 29.2 Å². The van der Waals surface area contributed by atoms with E-state index in [4.69, 9.17) is 4.74 Å². The van der Waals surface area contributed by atoms with Crippen LogP contribution in [0.25, 0.3) is 0 Å². The summed E-state index contributed by atoms with van der Waals surface area (Å²) in [5.41, 5.74) is 0.394. The van der Waals surface area contributed by atoms with Gasteiger partial charge in [-0.1, -0.05) is 43.5 Å². The molecule has 2 aromatic rings. The highest BCUT2D eigenvalue weighted by atomic mass is 16.6. The van der Waals surface area contributed by atoms with E-state index in [1.807, 2.05) is 13.8 Å². The maximum absolute atomic E-state index is 14.3. The van der Waals surface area contributed by atoms with E-state index in [0.717, 1.165) is 32.1 Å². The number of hydrogen-bond acceptors (Lipinski definition) is 6. The smallest absolute Gasteiger partial charge is 0.408 e. The minimum atomic E-state index is -1.07. The van der Waals surface area contributed by atoms with Crippen LogP contribution in [0.1, 0.15) is 83.9 Å². The number of aromatic hydroxyl groups is 2. The van der Waals surface area contributed by atoms with E-state index >= 15 is 0 Å². The molecule has 2 aromatic carbocycles. The number of carbonyl (C=O) groups is 3. The van der Waals surface area contributed by atoms with Gasteiger partial charge in [0.05, 0.1) is 0 Å². The highest BCUT2D eigenvalue weighted by molar-refractivity contribution is 5.92. The fraction of sp³-hybridized carbons (Fsp3) is 0.516. The van der Waals surface area contributed by atoms with Crippen LogP contribution in [0.2, 0.25) is 0 Å². The number of phenolic OH excluding ortho intramolecular Hbond substituents is 2. The van der Waals surface area contributed by atoms with Crippen molar-refractivity contribution in [3.8, 4) is 11.5 Å². The summed E-state index contributed by atoms with van der Waals surface area (Å²) in [5, 5.41) is 25.8. The predicted octanol–water partition coefficient (Wildman–Crippen LogP) is 4.96. The minimum absolute atomic E-state index is 0.0119. The van der Waals surface area contributed by atoms with Gasteiger partial charge in [-0.2, -0.15) is 0 Å². The predicted molar refractivity (Wildman–Crippen MR) is 153 cm³/mol. The molecule has 1 fully saturated rings. The van der Waals surface area contributed by atoms with Crippen LogP contribution in [0, 0.1) is 0 Å². The van der Waals surface area contributed by atoms with E-state index in [2.05, 4.69) is 10.6 Å². The Bertz CT molecular complexity index is 1150. The molecule has 3 amide bonds. The van der Waals surface area contributed by atoms with Gasteiger partial charge >= 0.3 is 6.09 Å². The third kappa shape index (κ3) is 8.89. The number of alkyl carbamates (subject to hydrolysis) is 1. The highest BCUT2D eigenvalue weighted by Crippen LogP contribution is 2.29. The summed E-state index contributed by atoms with van der Waals surface area (Å²) in [4.78, 5) is 42.5. The number of ether oxygens (including phenoxy) is 1. The summed E-state index contributed by atoms with van der Waals surface area (Å²) in [7, 11) is 0. The van der Waals surface area contributed by atoms with Crippen molar-refractivity contribution in [3.63, 3.8) is 0 Å². The standard InChI is InChI=1S/C31H43N3O6/c1-20(2)34(27(22-10-9-13-25(36)19-22)28(37)32-23-11-7-6-8-12-23)29(38)26(33-30(39)40-31(3,4)5)18-21-14-16-24(35)17-15-21/h9-10,13-17,19-20,23,26-27,35-36H,6-8,11-12,18H2,1-5H3,(H,32,37)(H,33,39). The van der Waals surface area contributed by atoms with Gasteiger partial charge in [-0.05, 0) is 82.9 Å². The van der Waals surface area contributed by atoms with Gasteiger partial charge in [-0.15, -0.1) is 0 Å². The van der Waals surface area contributed by atoms with E-state index in [0.29, 0.717) is 11.1 Å². The number of benzene rings is 2. The third-order valence-electron chi connectivity index (χ3n) is 6.84. The Kier molecular flexibility index (Phi) is 10.4. The van der Waals surface area contributed by atoms with Crippen molar-refractivity contribution in [1.82, 2.24) is 15.5 Å². The fourth-order valence-electron chi connectivity index (χ4n) is 5.04. The Labute approximate surface area is 236 Å². The summed E-state index contributed by atoms with van der Waals surface area (Å²) in [5.74, 6) is -0.739. The lowest BCUT2D eigenvalue weighted by Crippen LogP contribution is -2.56. The first kappa shape index (κ1) is 30.8. The zero-order chi connectivity index (χ0) is 29.4. The molecule has 9 heteroatoms. The van der Waals surface area contributed by atoms with Gasteiger partial charge in [-0.25, -0.2) is 4.79 Å². The topological polar surface area (TPSA) is 128 Å². The van der Waals surface area contributed by atoms with Gasteiger partial charge in [0.25, 0.3) is 0 Å². The zero-order valence-corrected chi connectivity index (χ0v) is 24.1. The first-order chi connectivity index (χ1) is 18.8. The van der Waals surface area contributed by atoms with Gasteiger partial charge in [0.2, 0.25) is 11.8 Å². The molecule has 0 aromatic heterocycles. The monoisotopic (exact) mass is 553 g/mol. The zero-order valence-electron chi connectivity index (χ0n) is 24.1. The van der Waals surface area contributed by atoms with Gasteiger partial charge in [0, 0.05) is 18.5 Å². The summed E-state index contributed by atoms with van der Waals surface area (Å²) < 4.78 is 5.45. The molecule has 2 unspecified atom stereocenters. The van der Waals surface area contributed by atoms with Gasteiger partial charge in [-0.3, -0.25) is 9.59 Å². The molecule has 9 nitrogen and oxygen atoms in total. The molecule has 0 radical (unpaired) electrons. The maximum Gasteiger partial charge on any atom is 0.408 e. The first-order valence-corrected chi connectivity index (χ1v) is 14.0. The lowest BCUT2D eigenvalue weighted by Gasteiger charge is -2.38. The number of nitrogens with zero attached hydrogens (tertiary/aromatic N) is 1. The van der Waals surface area contributed by atoms with E-state index < -0.39 is 35.7 Å². The van der Waals surface area contributed by atoms with Crippen molar-refractivity contribution in [1.29, 1.82) is 0 Å². The maximum atomic E-state index is 14.3. The molecule has 0 heterocycles. The van der Waals surface area contributed by atoms with Crippen LogP contribution in [0.5, 0.6) is 11.5 Å². The van der Waals surface area contributed by atoms with Crippen LogP contribution in [-0.4, -0.2) is 56.7 Å². The van der Waals surface area contributed by atoms with Crippen molar-refractivity contribution in [2.45, 2.75) is 103 Å². The van der Waals surface area contributed by atoms with Crippen molar-refractivity contribution < 1.29 is 29.3 Å². The van der Waals surface area contributed by atoms with Crippen molar-refractivity contribution in [2.24, 2.45) is 0 Å². The summed E-state index contributed by atoms with van der Waals surface area (Å²) in [6.45, 7) is 8.82. The van der Waals surface area contributed by atoms with Crippen LogP contribution < -0.4 is 10.6 Å². The van der Waals surface area contributed by atoms with Gasteiger partial charge < -0.3 is 30.5 Å². The number of amides is 3. The molecule has 3 rings (SSSR count). The lowest BCUT2D eigenvalue weighted by atomic mass is 9.94. The summed E-state index contributed by atoms with van der Waals surface area (Å²) in [6.07, 6.45) is 4.29. The van der Waals surface area contributed by atoms with Crippen LogP contribution in [-0.2, 0) is 20.7 Å². The molecule has 0 spiro atoms. The quantitative estimate of drug-likeness (QED) is 0.348. The van der Waals surface area contributed by atoms with Crippen LogP contribution in [0.3, 0.4) is 0 Å². The number of carbonyl (C=O) groups excluding carboxylic acids is 3. The molecule has 2 atom stereocenters. The molecule has 1 aliphatic rings. The number of hydrogen-bond donors (Lipinski definition) is 4. The molecule has 1 aliphatic carbocycles. The average molecular weight is 554 g/mol. The number of nitrogens with one attached hydrogen (secondary N) is 2. The van der Waals surface area contributed by atoms with E-state index in [1.54, 1.807) is 45.0 Å². The molecule has 218 valence electrons. The largest absolute Gasteiger partial charge is 0.508 e. The van der Waals surface area contributed by atoms with E-state index in [-0.39, 0.29) is 29.9 Å². The molecule has 40 heavy (non-hydrogen) atoms. The normalized spacial score (nSPS) is 15.7. The molecule has 1 saturated carbocycles. The lowest BCUT2D eigenvalue weighted by molar-refractivity contribution is -0.145. The second-order valence-electron chi connectivity index (χ2n) is 11.7. The molecule has 0 saturated heterocycles. The van der Waals surface area contributed by atoms with Gasteiger partial charge in [0.15, 0.2) is 0 Å². The summed E-state index contributed by atoms with van der Waals surface area (Å²) >= 11 is 0. The van der Waals surface area contributed by atoms with Crippen molar-refractivity contribution in [3.05, 3.63) is 59.7 Å². The second kappa shape index (κ2) is 13.5. The van der Waals surface area contributed by atoms with Crippen molar-refractivity contribution >= 4 is 17.9 Å². The Morgan fingerprint density at radius 3 is 2.20 bits per heavy atom. The minimum Gasteiger partial charge on any atom is -0.508 e. The number of rotatable bonds is 9. The SMILES string of the molecule is CC(C)N(C(=O)C(Cc1ccc(O)cc1)NC(=O)OC(C)(C)C)C(C(=O)NC1CCCCC1)c1cccc(O)c1. The Morgan fingerprint density at radius 1 is 0.975 bits per heavy atom. The molecule has 0 bridgehead atoms. The Balaban J connectivity index is 2.00.